The summed E-state index contributed by atoms with van der Waals surface area (Å²) in [5.74, 6) is 0.106. The van der Waals surface area contributed by atoms with E-state index >= 15 is 0 Å². The van der Waals surface area contributed by atoms with Crippen molar-refractivity contribution in [2.45, 2.75) is 101 Å². The zero-order chi connectivity index (χ0) is 28.0. The standard InChI is InChI=1S/C29H60N4O3/c1-11-27(5,6)21-29(9,10)23-32-25(36)13-17-33(18-14-30-15-19-34)16-12-24(35)31-22-28(7,8)20-26(2,3)4/h30,34H,11-23H2,1-10H3,(H,31,35)(H,32,36). The molecular weight excluding hydrogens is 452 g/mol. The van der Waals surface area contributed by atoms with Crippen LogP contribution in [0.2, 0.25) is 0 Å². The van der Waals surface area contributed by atoms with E-state index < -0.39 is 0 Å². The summed E-state index contributed by atoms with van der Waals surface area (Å²) < 4.78 is 0. The van der Waals surface area contributed by atoms with Crippen LogP contribution in [0.25, 0.3) is 0 Å². The number of hydrogen-bond acceptors (Lipinski definition) is 5. The van der Waals surface area contributed by atoms with Crippen LogP contribution in [-0.2, 0) is 9.59 Å². The molecule has 0 spiro atoms. The Balaban J connectivity index is 4.68. The number of nitrogens with zero attached hydrogens (tertiary/aromatic N) is 1. The fraction of sp³-hybridized carbons (Fsp3) is 0.931. The highest BCUT2D eigenvalue weighted by atomic mass is 16.3. The Hall–Kier alpha value is -1.18. The normalized spacial score (nSPS) is 13.2. The zero-order valence-electron chi connectivity index (χ0n) is 25.4. The molecule has 2 amide bonds. The van der Waals surface area contributed by atoms with E-state index in [1.807, 2.05) is 0 Å². The van der Waals surface area contributed by atoms with Gasteiger partial charge in [-0.3, -0.25) is 9.59 Å². The summed E-state index contributed by atoms with van der Waals surface area (Å²) >= 11 is 0. The lowest BCUT2D eigenvalue weighted by Crippen LogP contribution is -2.41. The summed E-state index contributed by atoms with van der Waals surface area (Å²) in [7, 11) is 0. The van der Waals surface area contributed by atoms with Crippen molar-refractivity contribution in [1.29, 1.82) is 0 Å². The van der Waals surface area contributed by atoms with E-state index in [-0.39, 0.29) is 40.1 Å². The van der Waals surface area contributed by atoms with E-state index in [1.165, 1.54) is 0 Å². The van der Waals surface area contributed by atoms with Gasteiger partial charge in [0.15, 0.2) is 0 Å². The smallest absolute Gasteiger partial charge is 0.221 e. The van der Waals surface area contributed by atoms with Crippen LogP contribution < -0.4 is 16.0 Å². The van der Waals surface area contributed by atoms with Gasteiger partial charge >= 0.3 is 0 Å². The van der Waals surface area contributed by atoms with Crippen molar-refractivity contribution in [2.24, 2.45) is 21.7 Å². The number of nitrogens with one attached hydrogen (secondary N) is 3. The summed E-state index contributed by atoms with van der Waals surface area (Å²) in [6.07, 6.45) is 4.02. The Morgan fingerprint density at radius 1 is 0.694 bits per heavy atom. The van der Waals surface area contributed by atoms with Crippen molar-refractivity contribution in [3.63, 3.8) is 0 Å². The lowest BCUT2D eigenvalue weighted by molar-refractivity contribution is -0.122. The predicted molar refractivity (Wildman–Crippen MR) is 152 cm³/mol. The minimum atomic E-state index is 0.0417. The molecule has 0 aliphatic heterocycles. The highest BCUT2D eigenvalue weighted by molar-refractivity contribution is 5.76. The molecule has 0 saturated carbocycles. The number of carbonyl (C=O) groups is 2. The molecule has 0 aliphatic rings. The maximum Gasteiger partial charge on any atom is 0.221 e. The molecule has 0 bridgehead atoms. The molecule has 0 aromatic heterocycles. The molecule has 0 heterocycles. The van der Waals surface area contributed by atoms with Crippen molar-refractivity contribution in [2.75, 3.05) is 52.4 Å². The molecule has 0 aromatic rings. The van der Waals surface area contributed by atoms with E-state index in [2.05, 4.69) is 90.1 Å². The number of rotatable bonds is 19. The molecule has 0 aromatic carbocycles. The van der Waals surface area contributed by atoms with Crippen LogP contribution in [0.1, 0.15) is 101 Å². The van der Waals surface area contributed by atoms with Crippen molar-refractivity contribution >= 4 is 11.8 Å². The summed E-state index contributed by atoms with van der Waals surface area (Å²) in [4.78, 5) is 27.3. The van der Waals surface area contributed by atoms with Gasteiger partial charge in [0.2, 0.25) is 11.8 Å². The Kier molecular flexibility index (Phi) is 15.4. The van der Waals surface area contributed by atoms with Crippen LogP contribution >= 0.6 is 0 Å². The third-order valence-corrected chi connectivity index (χ3v) is 6.65. The first-order chi connectivity index (χ1) is 16.4. The molecule has 7 heteroatoms. The van der Waals surface area contributed by atoms with Crippen LogP contribution in [-0.4, -0.2) is 74.2 Å². The third kappa shape index (κ3) is 19.0. The fourth-order valence-electron chi connectivity index (χ4n) is 5.13. The van der Waals surface area contributed by atoms with Crippen LogP contribution in [0.4, 0.5) is 0 Å². The molecule has 0 aliphatic carbocycles. The quantitative estimate of drug-likeness (QED) is 0.195. The molecule has 0 fully saturated rings. The molecule has 0 atom stereocenters. The van der Waals surface area contributed by atoms with Crippen LogP contribution in [0.15, 0.2) is 0 Å². The van der Waals surface area contributed by atoms with Gasteiger partial charge in [0.05, 0.1) is 6.61 Å². The number of amides is 2. The van der Waals surface area contributed by atoms with Crippen molar-refractivity contribution in [3.05, 3.63) is 0 Å². The lowest BCUT2D eigenvalue weighted by Gasteiger charge is -2.34. The van der Waals surface area contributed by atoms with E-state index in [0.29, 0.717) is 52.1 Å². The van der Waals surface area contributed by atoms with Gasteiger partial charge in [0.1, 0.15) is 0 Å². The van der Waals surface area contributed by atoms with Crippen LogP contribution in [0.3, 0.4) is 0 Å². The molecule has 36 heavy (non-hydrogen) atoms. The molecule has 0 saturated heterocycles. The number of carbonyl (C=O) groups excluding carboxylic acids is 2. The molecule has 0 radical (unpaired) electrons. The van der Waals surface area contributed by atoms with Gasteiger partial charge in [0.25, 0.3) is 0 Å². The van der Waals surface area contributed by atoms with E-state index in [4.69, 9.17) is 5.11 Å². The largest absolute Gasteiger partial charge is 0.395 e. The summed E-state index contributed by atoms with van der Waals surface area (Å²) in [5.41, 5.74) is 0.561. The monoisotopic (exact) mass is 512 g/mol. The van der Waals surface area contributed by atoms with Gasteiger partial charge in [0, 0.05) is 58.7 Å². The fourth-order valence-corrected chi connectivity index (χ4v) is 5.13. The molecule has 0 rings (SSSR count). The topological polar surface area (TPSA) is 93.7 Å². The van der Waals surface area contributed by atoms with Crippen LogP contribution in [0.5, 0.6) is 0 Å². The lowest BCUT2D eigenvalue weighted by atomic mass is 9.73. The average Bonchev–Trinajstić information content (AvgIpc) is 2.73. The third-order valence-electron chi connectivity index (χ3n) is 6.65. The van der Waals surface area contributed by atoms with Gasteiger partial charge in [-0.2, -0.15) is 0 Å². The van der Waals surface area contributed by atoms with Gasteiger partial charge in [-0.15, -0.1) is 0 Å². The van der Waals surface area contributed by atoms with Gasteiger partial charge in [-0.1, -0.05) is 75.7 Å². The highest BCUT2D eigenvalue weighted by Gasteiger charge is 2.28. The van der Waals surface area contributed by atoms with Gasteiger partial charge < -0.3 is 26.0 Å². The molecule has 214 valence electrons. The molecule has 0 unspecified atom stereocenters. The SMILES string of the molecule is CCC(C)(C)CC(C)(C)CNC(=O)CCN(CCNCCO)CCC(=O)NCC(C)(C)CC(C)(C)C. The maximum atomic E-state index is 12.6. The second-order valence-electron chi connectivity index (χ2n) is 14.1. The molecule has 7 nitrogen and oxygen atoms in total. The summed E-state index contributed by atoms with van der Waals surface area (Å²) in [5, 5.41) is 18.4. The number of hydrogen-bond donors (Lipinski definition) is 4. The first-order valence-corrected chi connectivity index (χ1v) is 14.0. The Morgan fingerprint density at radius 3 is 1.58 bits per heavy atom. The zero-order valence-corrected chi connectivity index (χ0v) is 25.4. The second-order valence-corrected chi connectivity index (χ2v) is 14.1. The summed E-state index contributed by atoms with van der Waals surface area (Å²) in [6, 6.07) is 0. The van der Waals surface area contributed by atoms with Crippen molar-refractivity contribution in [1.82, 2.24) is 20.9 Å². The maximum absolute atomic E-state index is 12.6. The Bertz CT molecular complexity index is 639. The first-order valence-electron chi connectivity index (χ1n) is 14.0. The van der Waals surface area contributed by atoms with E-state index in [0.717, 1.165) is 25.8 Å². The van der Waals surface area contributed by atoms with Crippen molar-refractivity contribution < 1.29 is 14.7 Å². The van der Waals surface area contributed by atoms with E-state index in [1.54, 1.807) is 0 Å². The van der Waals surface area contributed by atoms with E-state index in [9.17, 15) is 9.59 Å². The van der Waals surface area contributed by atoms with Gasteiger partial charge in [-0.25, -0.2) is 0 Å². The molecule has 4 N–H and O–H groups in total. The predicted octanol–water partition coefficient (Wildman–Crippen LogP) is 4.20. The highest BCUT2D eigenvalue weighted by Crippen LogP contribution is 2.35. The van der Waals surface area contributed by atoms with Gasteiger partial charge in [-0.05, 0) is 34.5 Å². The number of aliphatic hydroxyl groups excluding tert-OH is 1. The average molecular weight is 513 g/mol. The minimum Gasteiger partial charge on any atom is -0.395 e. The first kappa shape index (κ1) is 34.8. The number of aliphatic hydroxyl groups is 1. The summed E-state index contributed by atoms with van der Waals surface area (Å²) in [6.45, 7) is 26.9. The second kappa shape index (κ2) is 15.9. The Labute approximate surface area is 222 Å². The molecular formula is C29H60N4O3. The van der Waals surface area contributed by atoms with Crippen LogP contribution in [0, 0.1) is 21.7 Å². The Morgan fingerprint density at radius 2 is 1.17 bits per heavy atom. The van der Waals surface area contributed by atoms with Crippen molar-refractivity contribution in [3.8, 4) is 0 Å². The minimum absolute atomic E-state index is 0.0417.